The maximum absolute atomic E-state index is 12.4. The summed E-state index contributed by atoms with van der Waals surface area (Å²) in [4.78, 5) is 28.0. The lowest BCUT2D eigenvalue weighted by atomic mass is 10.1. The molecule has 1 atom stereocenters. The largest absolute Gasteiger partial charge is 0.396 e. The quantitative estimate of drug-likeness (QED) is 0.830. The third-order valence-electron chi connectivity index (χ3n) is 3.28. The second kappa shape index (κ2) is 5.83. The molecule has 20 heavy (non-hydrogen) atoms. The molecular weight excluding hydrogens is 258 g/mol. The van der Waals surface area contributed by atoms with Gasteiger partial charge in [-0.1, -0.05) is 13.0 Å². The highest BCUT2D eigenvalue weighted by Crippen LogP contribution is 2.11. The molecule has 0 spiro atoms. The standard InChI is InChI=1S/C14H17N3O3/c1-9(8-18)4-6-17-11(13(15)19)7-10-3-2-5-16-12(10)14(17)20/h2-3,5,7,9,18H,4,6,8H2,1H3,(H2,15,19). The Morgan fingerprint density at radius 1 is 1.55 bits per heavy atom. The maximum atomic E-state index is 12.4. The van der Waals surface area contributed by atoms with Crippen LogP contribution in [0.1, 0.15) is 23.8 Å². The minimum absolute atomic E-state index is 0.0342. The van der Waals surface area contributed by atoms with Crippen LogP contribution in [0.25, 0.3) is 10.9 Å². The minimum Gasteiger partial charge on any atom is -0.396 e. The van der Waals surface area contributed by atoms with Crippen LogP contribution in [0, 0.1) is 5.92 Å². The molecule has 0 aromatic carbocycles. The number of rotatable bonds is 5. The molecule has 0 aliphatic rings. The lowest BCUT2D eigenvalue weighted by Gasteiger charge is -2.14. The molecule has 6 heteroatoms. The maximum Gasteiger partial charge on any atom is 0.277 e. The number of fused-ring (bicyclic) bond motifs is 1. The van der Waals surface area contributed by atoms with Crippen molar-refractivity contribution in [3.05, 3.63) is 40.4 Å². The zero-order valence-electron chi connectivity index (χ0n) is 11.2. The third kappa shape index (κ3) is 2.70. The van der Waals surface area contributed by atoms with E-state index in [0.717, 1.165) is 0 Å². The summed E-state index contributed by atoms with van der Waals surface area (Å²) in [6.07, 6.45) is 2.11. The number of nitrogens with zero attached hydrogens (tertiary/aromatic N) is 2. The number of amides is 1. The van der Waals surface area contributed by atoms with Gasteiger partial charge < -0.3 is 15.4 Å². The fourth-order valence-electron chi connectivity index (χ4n) is 2.04. The molecule has 106 valence electrons. The number of aliphatic hydroxyl groups excluding tert-OH is 1. The highest BCUT2D eigenvalue weighted by atomic mass is 16.3. The van der Waals surface area contributed by atoms with E-state index in [2.05, 4.69) is 4.98 Å². The number of aromatic nitrogens is 2. The zero-order chi connectivity index (χ0) is 14.7. The third-order valence-corrected chi connectivity index (χ3v) is 3.28. The number of hydrogen-bond acceptors (Lipinski definition) is 4. The van der Waals surface area contributed by atoms with Gasteiger partial charge in [0.05, 0.1) is 0 Å². The first-order chi connectivity index (χ1) is 9.54. The molecule has 6 nitrogen and oxygen atoms in total. The normalized spacial score (nSPS) is 12.5. The van der Waals surface area contributed by atoms with Crippen molar-refractivity contribution in [3.63, 3.8) is 0 Å². The predicted molar refractivity (Wildman–Crippen MR) is 75.4 cm³/mol. The lowest BCUT2D eigenvalue weighted by molar-refractivity contribution is 0.0989. The monoisotopic (exact) mass is 275 g/mol. The summed E-state index contributed by atoms with van der Waals surface area (Å²) in [7, 11) is 0. The summed E-state index contributed by atoms with van der Waals surface area (Å²) in [6.45, 7) is 2.23. The van der Waals surface area contributed by atoms with Gasteiger partial charge in [0.1, 0.15) is 11.2 Å². The summed E-state index contributed by atoms with van der Waals surface area (Å²) < 4.78 is 1.34. The highest BCUT2D eigenvalue weighted by molar-refractivity contribution is 5.94. The summed E-state index contributed by atoms with van der Waals surface area (Å²) >= 11 is 0. The van der Waals surface area contributed by atoms with E-state index in [1.165, 1.54) is 10.8 Å². The van der Waals surface area contributed by atoms with E-state index in [-0.39, 0.29) is 23.8 Å². The van der Waals surface area contributed by atoms with E-state index in [9.17, 15) is 9.59 Å². The number of carbonyl (C=O) groups is 1. The van der Waals surface area contributed by atoms with Crippen LogP contribution >= 0.6 is 0 Å². The van der Waals surface area contributed by atoms with Crippen LogP contribution < -0.4 is 11.3 Å². The van der Waals surface area contributed by atoms with Crippen molar-refractivity contribution < 1.29 is 9.90 Å². The van der Waals surface area contributed by atoms with Crippen molar-refractivity contribution in [2.45, 2.75) is 19.9 Å². The van der Waals surface area contributed by atoms with Crippen LogP contribution in [0.2, 0.25) is 0 Å². The Morgan fingerprint density at radius 3 is 2.95 bits per heavy atom. The van der Waals surface area contributed by atoms with Crippen molar-refractivity contribution >= 4 is 16.8 Å². The number of aliphatic hydroxyl groups is 1. The molecule has 2 heterocycles. The van der Waals surface area contributed by atoms with Crippen LogP contribution in [0.3, 0.4) is 0 Å². The number of carbonyl (C=O) groups excluding carboxylic acids is 1. The first-order valence-corrected chi connectivity index (χ1v) is 6.43. The molecule has 0 radical (unpaired) electrons. The second-order valence-electron chi connectivity index (χ2n) is 4.87. The molecule has 0 fully saturated rings. The summed E-state index contributed by atoms with van der Waals surface area (Å²) in [5.41, 5.74) is 5.49. The number of primary amides is 1. The average molecular weight is 275 g/mol. The first kappa shape index (κ1) is 14.2. The van der Waals surface area contributed by atoms with Gasteiger partial charge in [-0.05, 0) is 24.5 Å². The molecule has 2 rings (SSSR count). The van der Waals surface area contributed by atoms with Crippen LogP contribution in [-0.2, 0) is 6.54 Å². The Labute approximate surface area is 115 Å². The molecule has 0 bridgehead atoms. The SMILES string of the molecule is CC(CO)CCn1c(C(N)=O)cc2cccnc2c1=O. The van der Waals surface area contributed by atoms with Crippen molar-refractivity contribution in [1.82, 2.24) is 9.55 Å². The Balaban J connectivity index is 2.55. The van der Waals surface area contributed by atoms with Gasteiger partial charge in [-0.3, -0.25) is 14.6 Å². The minimum atomic E-state index is -0.649. The van der Waals surface area contributed by atoms with Gasteiger partial charge in [0.2, 0.25) is 0 Å². The van der Waals surface area contributed by atoms with Crippen LogP contribution in [0.15, 0.2) is 29.2 Å². The van der Waals surface area contributed by atoms with Crippen molar-refractivity contribution in [3.8, 4) is 0 Å². The second-order valence-corrected chi connectivity index (χ2v) is 4.87. The molecule has 1 unspecified atom stereocenters. The van der Waals surface area contributed by atoms with Crippen LogP contribution in [0.5, 0.6) is 0 Å². The van der Waals surface area contributed by atoms with E-state index in [0.29, 0.717) is 23.9 Å². The van der Waals surface area contributed by atoms with Crippen LogP contribution in [0.4, 0.5) is 0 Å². The Kier molecular flexibility index (Phi) is 4.14. The molecule has 0 saturated carbocycles. The van der Waals surface area contributed by atoms with Gasteiger partial charge in [-0.15, -0.1) is 0 Å². The lowest BCUT2D eigenvalue weighted by Crippen LogP contribution is -2.30. The molecule has 2 aromatic heterocycles. The number of nitrogens with two attached hydrogens (primary N) is 1. The van der Waals surface area contributed by atoms with Gasteiger partial charge in [0, 0.05) is 24.7 Å². The summed E-state index contributed by atoms with van der Waals surface area (Å²) in [5, 5.41) is 9.64. The summed E-state index contributed by atoms with van der Waals surface area (Å²) in [6, 6.07) is 5.00. The Morgan fingerprint density at radius 2 is 2.30 bits per heavy atom. The van der Waals surface area contributed by atoms with E-state index in [1.54, 1.807) is 18.2 Å². The molecule has 3 N–H and O–H groups in total. The van der Waals surface area contributed by atoms with Crippen molar-refractivity contribution in [2.75, 3.05) is 6.61 Å². The van der Waals surface area contributed by atoms with Gasteiger partial charge in [-0.25, -0.2) is 0 Å². The highest BCUT2D eigenvalue weighted by Gasteiger charge is 2.14. The van der Waals surface area contributed by atoms with Crippen LogP contribution in [-0.4, -0.2) is 27.2 Å². The molecular formula is C14H17N3O3. The number of pyridine rings is 2. The number of hydrogen-bond donors (Lipinski definition) is 2. The van der Waals surface area contributed by atoms with Gasteiger partial charge in [0.15, 0.2) is 0 Å². The fraction of sp³-hybridized carbons (Fsp3) is 0.357. The van der Waals surface area contributed by atoms with E-state index < -0.39 is 5.91 Å². The molecule has 0 aliphatic heterocycles. The van der Waals surface area contributed by atoms with E-state index >= 15 is 0 Å². The average Bonchev–Trinajstić information content (AvgIpc) is 2.45. The molecule has 0 aliphatic carbocycles. The van der Waals surface area contributed by atoms with Gasteiger partial charge in [-0.2, -0.15) is 0 Å². The van der Waals surface area contributed by atoms with Gasteiger partial charge in [0.25, 0.3) is 11.5 Å². The smallest absolute Gasteiger partial charge is 0.277 e. The predicted octanol–water partition coefficient (Wildman–Crippen LogP) is 0.514. The van der Waals surface area contributed by atoms with E-state index in [4.69, 9.17) is 10.8 Å². The first-order valence-electron chi connectivity index (χ1n) is 6.43. The Hall–Kier alpha value is -2.21. The molecule has 0 saturated heterocycles. The Bertz CT molecular complexity index is 694. The van der Waals surface area contributed by atoms with E-state index in [1.807, 2.05) is 6.92 Å². The van der Waals surface area contributed by atoms with Crippen molar-refractivity contribution in [2.24, 2.45) is 11.7 Å². The molecule has 2 aromatic rings. The summed E-state index contributed by atoms with van der Waals surface area (Å²) in [5.74, 6) is -0.605. The van der Waals surface area contributed by atoms with Crippen molar-refractivity contribution in [1.29, 1.82) is 0 Å². The fourth-order valence-corrected chi connectivity index (χ4v) is 2.04. The topological polar surface area (TPSA) is 98.2 Å². The van der Waals surface area contributed by atoms with Gasteiger partial charge >= 0.3 is 0 Å². The molecule has 1 amide bonds. The zero-order valence-corrected chi connectivity index (χ0v) is 11.2.